The molecule has 14 heavy (non-hydrogen) atoms. The van der Waals surface area contributed by atoms with Gasteiger partial charge in [-0.3, -0.25) is 9.59 Å². The number of primary amides is 1. The first kappa shape index (κ1) is 11.0. The molecule has 2 atom stereocenters. The van der Waals surface area contributed by atoms with Crippen molar-refractivity contribution in [3.63, 3.8) is 0 Å². The summed E-state index contributed by atoms with van der Waals surface area (Å²) < 4.78 is 0. The van der Waals surface area contributed by atoms with E-state index in [0.29, 0.717) is 6.54 Å². The fraction of sp³-hybridized carbons (Fsp3) is 0.778. The highest BCUT2D eigenvalue weighted by Gasteiger charge is 2.33. The van der Waals surface area contributed by atoms with Crippen molar-refractivity contribution >= 4 is 11.8 Å². The number of nitrogens with two attached hydrogens (primary N) is 1. The summed E-state index contributed by atoms with van der Waals surface area (Å²) in [5, 5.41) is 2.94. The van der Waals surface area contributed by atoms with Crippen molar-refractivity contribution in [2.45, 2.75) is 31.8 Å². The predicted molar refractivity (Wildman–Crippen MR) is 52.5 cm³/mol. The van der Waals surface area contributed by atoms with E-state index in [9.17, 15) is 9.59 Å². The molecule has 1 aliphatic heterocycles. The molecule has 1 fully saturated rings. The maximum absolute atomic E-state index is 11.7. The molecular formula is C9H17N3O2. The summed E-state index contributed by atoms with van der Waals surface area (Å²) in [6.07, 6.45) is 1.04. The zero-order valence-electron chi connectivity index (χ0n) is 8.62. The highest BCUT2D eigenvalue weighted by atomic mass is 16.2. The number of likely N-dealkylation sites (N-methyl/N-ethyl adjacent to an activating group) is 1. The number of nitrogens with zero attached hydrogens (tertiary/aromatic N) is 1. The number of carbonyl (C=O) groups is 2. The number of carbonyl (C=O) groups excluding carboxylic acids is 2. The molecule has 0 aromatic carbocycles. The van der Waals surface area contributed by atoms with Gasteiger partial charge in [0.05, 0.1) is 6.04 Å². The molecule has 2 amide bonds. The van der Waals surface area contributed by atoms with Gasteiger partial charge in [0.1, 0.15) is 0 Å². The molecule has 5 nitrogen and oxygen atoms in total. The average Bonchev–Trinajstić information content (AvgIpc) is 2.45. The van der Waals surface area contributed by atoms with Crippen LogP contribution < -0.4 is 11.1 Å². The summed E-state index contributed by atoms with van der Waals surface area (Å²) in [6.45, 7) is 2.56. The number of amides is 2. The SMILES string of the molecule is CNC1CCN(C(C)CC(N)=O)C1=O. The van der Waals surface area contributed by atoms with Crippen molar-refractivity contribution in [3.05, 3.63) is 0 Å². The van der Waals surface area contributed by atoms with E-state index in [2.05, 4.69) is 5.32 Å². The zero-order valence-corrected chi connectivity index (χ0v) is 8.62. The molecule has 0 spiro atoms. The van der Waals surface area contributed by atoms with Crippen LogP contribution in [0.1, 0.15) is 19.8 Å². The van der Waals surface area contributed by atoms with Gasteiger partial charge in [-0.05, 0) is 20.4 Å². The van der Waals surface area contributed by atoms with Gasteiger partial charge in [-0.2, -0.15) is 0 Å². The third-order valence-corrected chi connectivity index (χ3v) is 2.62. The standard InChI is InChI=1S/C9H17N3O2/c1-6(5-8(10)13)12-4-3-7(11-2)9(12)14/h6-7,11H,3-5H2,1-2H3,(H2,10,13). The van der Waals surface area contributed by atoms with E-state index in [4.69, 9.17) is 5.73 Å². The van der Waals surface area contributed by atoms with E-state index < -0.39 is 0 Å². The lowest BCUT2D eigenvalue weighted by Crippen LogP contribution is -2.42. The summed E-state index contributed by atoms with van der Waals surface area (Å²) in [5.74, 6) is -0.292. The minimum absolute atomic E-state index is 0.0706. The number of hydrogen-bond acceptors (Lipinski definition) is 3. The number of nitrogens with one attached hydrogen (secondary N) is 1. The summed E-state index contributed by atoms with van der Waals surface area (Å²) in [5.41, 5.74) is 5.08. The van der Waals surface area contributed by atoms with Gasteiger partial charge in [0.15, 0.2) is 0 Å². The van der Waals surface area contributed by atoms with E-state index >= 15 is 0 Å². The quantitative estimate of drug-likeness (QED) is 0.614. The second-order valence-corrected chi connectivity index (χ2v) is 3.68. The Morgan fingerprint density at radius 3 is 2.86 bits per heavy atom. The Bertz CT molecular complexity index is 242. The van der Waals surface area contributed by atoms with Crippen molar-refractivity contribution in [3.8, 4) is 0 Å². The summed E-state index contributed by atoms with van der Waals surface area (Å²) >= 11 is 0. The summed E-state index contributed by atoms with van der Waals surface area (Å²) in [7, 11) is 1.77. The van der Waals surface area contributed by atoms with Crippen LogP contribution in [-0.2, 0) is 9.59 Å². The third-order valence-electron chi connectivity index (χ3n) is 2.62. The number of likely N-dealkylation sites (tertiary alicyclic amines) is 1. The Hall–Kier alpha value is -1.10. The molecule has 2 unspecified atom stereocenters. The molecule has 3 N–H and O–H groups in total. The van der Waals surface area contributed by atoms with Crippen LogP contribution in [0.5, 0.6) is 0 Å². The Morgan fingerprint density at radius 2 is 2.43 bits per heavy atom. The van der Waals surface area contributed by atoms with Gasteiger partial charge in [0.25, 0.3) is 0 Å². The maximum Gasteiger partial charge on any atom is 0.240 e. The Balaban J connectivity index is 2.54. The first-order valence-corrected chi connectivity index (χ1v) is 4.82. The Labute approximate surface area is 83.6 Å². The van der Waals surface area contributed by atoms with Crippen LogP contribution in [0.4, 0.5) is 0 Å². The number of hydrogen-bond donors (Lipinski definition) is 2. The molecule has 1 aliphatic rings. The van der Waals surface area contributed by atoms with Gasteiger partial charge < -0.3 is 16.0 Å². The van der Waals surface area contributed by atoms with Crippen molar-refractivity contribution in [1.29, 1.82) is 0 Å². The topological polar surface area (TPSA) is 75.4 Å². The van der Waals surface area contributed by atoms with Gasteiger partial charge >= 0.3 is 0 Å². The largest absolute Gasteiger partial charge is 0.370 e. The van der Waals surface area contributed by atoms with E-state index in [-0.39, 0.29) is 30.3 Å². The molecule has 5 heteroatoms. The van der Waals surface area contributed by atoms with Crippen LogP contribution in [0.3, 0.4) is 0 Å². The minimum atomic E-state index is -0.363. The van der Waals surface area contributed by atoms with Crippen molar-refractivity contribution in [1.82, 2.24) is 10.2 Å². The van der Waals surface area contributed by atoms with Crippen molar-refractivity contribution in [2.75, 3.05) is 13.6 Å². The van der Waals surface area contributed by atoms with Crippen LogP contribution >= 0.6 is 0 Å². The lowest BCUT2D eigenvalue weighted by atomic mass is 10.2. The fourth-order valence-electron chi connectivity index (χ4n) is 1.81. The lowest BCUT2D eigenvalue weighted by Gasteiger charge is -2.23. The van der Waals surface area contributed by atoms with Crippen molar-refractivity contribution in [2.24, 2.45) is 5.73 Å². The first-order chi connectivity index (χ1) is 6.56. The van der Waals surface area contributed by atoms with Gasteiger partial charge in [-0.1, -0.05) is 0 Å². The molecular weight excluding hydrogens is 182 g/mol. The van der Waals surface area contributed by atoms with E-state index in [0.717, 1.165) is 6.42 Å². The van der Waals surface area contributed by atoms with Gasteiger partial charge in [-0.25, -0.2) is 0 Å². The molecule has 0 bridgehead atoms. The molecule has 1 saturated heterocycles. The second kappa shape index (κ2) is 4.41. The van der Waals surface area contributed by atoms with E-state index in [1.165, 1.54) is 0 Å². The fourth-order valence-corrected chi connectivity index (χ4v) is 1.81. The van der Waals surface area contributed by atoms with Crippen LogP contribution in [0.25, 0.3) is 0 Å². The molecule has 1 rings (SSSR count). The smallest absolute Gasteiger partial charge is 0.240 e. The molecule has 0 aromatic heterocycles. The molecule has 0 saturated carbocycles. The van der Waals surface area contributed by atoms with Crippen LogP contribution in [0.2, 0.25) is 0 Å². The molecule has 0 aromatic rings. The highest BCUT2D eigenvalue weighted by Crippen LogP contribution is 2.15. The maximum atomic E-state index is 11.7. The second-order valence-electron chi connectivity index (χ2n) is 3.68. The Kier molecular flexibility index (Phi) is 3.46. The zero-order chi connectivity index (χ0) is 10.7. The van der Waals surface area contributed by atoms with Crippen LogP contribution in [0, 0.1) is 0 Å². The van der Waals surface area contributed by atoms with Gasteiger partial charge in [0.2, 0.25) is 11.8 Å². The van der Waals surface area contributed by atoms with Gasteiger partial charge in [0, 0.05) is 19.0 Å². The van der Waals surface area contributed by atoms with Crippen LogP contribution in [-0.4, -0.2) is 42.4 Å². The van der Waals surface area contributed by atoms with Crippen molar-refractivity contribution < 1.29 is 9.59 Å². The number of rotatable bonds is 4. The molecule has 1 heterocycles. The highest BCUT2D eigenvalue weighted by molar-refractivity contribution is 5.85. The minimum Gasteiger partial charge on any atom is -0.370 e. The summed E-state index contributed by atoms with van der Waals surface area (Å²) in [4.78, 5) is 24.1. The van der Waals surface area contributed by atoms with Crippen LogP contribution in [0.15, 0.2) is 0 Å². The molecule has 0 radical (unpaired) electrons. The third kappa shape index (κ3) is 2.23. The monoisotopic (exact) mass is 199 g/mol. The average molecular weight is 199 g/mol. The van der Waals surface area contributed by atoms with E-state index in [1.54, 1.807) is 11.9 Å². The lowest BCUT2D eigenvalue weighted by molar-refractivity contribution is -0.131. The normalized spacial score (nSPS) is 24.0. The Morgan fingerprint density at radius 1 is 1.79 bits per heavy atom. The van der Waals surface area contributed by atoms with E-state index in [1.807, 2.05) is 6.92 Å². The predicted octanol–water partition coefficient (Wildman–Crippen LogP) is -0.929. The summed E-state index contributed by atoms with van der Waals surface area (Å²) in [6, 6.07) is -0.177. The molecule has 80 valence electrons. The van der Waals surface area contributed by atoms with Gasteiger partial charge in [-0.15, -0.1) is 0 Å². The molecule has 0 aliphatic carbocycles. The first-order valence-electron chi connectivity index (χ1n) is 4.82.